The summed E-state index contributed by atoms with van der Waals surface area (Å²) in [6.45, 7) is 3.50. The molecule has 21 heavy (non-hydrogen) atoms. The SMILES string of the molecule is CCC1C(=O)NC(C2CC2)C(=O)N1c1cccc(F)c1C. The molecule has 2 fully saturated rings. The highest BCUT2D eigenvalue weighted by molar-refractivity contribution is 6.09. The molecule has 1 aromatic rings. The molecule has 1 heterocycles. The number of piperazine rings is 1. The molecule has 0 bridgehead atoms. The first-order valence-electron chi connectivity index (χ1n) is 7.43. The largest absolute Gasteiger partial charge is 0.342 e. The highest BCUT2D eigenvalue weighted by atomic mass is 19.1. The average Bonchev–Trinajstić information content (AvgIpc) is 3.28. The van der Waals surface area contributed by atoms with Crippen molar-refractivity contribution in [2.75, 3.05) is 4.90 Å². The molecule has 1 saturated carbocycles. The average molecular weight is 290 g/mol. The van der Waals surface area contributed by atoms with Crippen molar-refractivity contribution in [1.82, 2.24) is 5.32 Å². The maximum atomic E-state index is 13.8. The van der Waals surface area contributed by atoms with Gasteiger partial charge in [0.1, 0.15) is 17.9 Å². The summed E-state index contributed by atoms with van der Waals surface area (Å²) in [6, 6.07) is 3.64. The third kappa shape index (κ3) is 2.30. The van der Waals surface area contributed by atoms with Crippen LogP contribution in [0.25, 0.3) is 0 Å². The van der Waals surface area contributed by atoms with E-state index in [4.69, 9.17) is 0 Å². The number of carbonyl (C=O) groups is 2. The van der Waals surface area contributed by atoms with Gasteiger partial charge < -0.3 is 5.32 Å². The molecule has 0 spiro atoms. The third-order valence-electron chi connectivity index (χ3n) is 4.39. The third-order valence-corrected chi connectivity index (χ3v) is 4.39. The molecule has 1 aliphatic heterocycles. The van der Waals surface area contributed by atoms with Crippen LogP contribution in [0.15, 0.2) is 18.2 Å². The summed E-state index contributed by atoms with van der Waals surface area (Å²) in [6.07, 6.45) is 2.43. The zero-order valence-electron chi connectivity index (χ0n) is 12.2. The number of hydrogen-bond donors (Lipinski definition) is 1. The molecule has 112 valence electrons. The fourth-order valence-corrected chi connectivity index (χ4v) is 2.99. The van der Waals surface area contributed by atoms with Crippen LogP contribution in [0.3, 0.4) is 0 Å². The van der Waals surface area contributed by atoms with E-state index in [0.717, 1.165) is 12.8 Å². The second-order valence-electron chi connectivity index (χ2n) is 5.84. The van der Waals surface area contributed by atoms with Crippen LogP contribution < -0.4 is 10.2 Å². The maximum Gasteiger partial charge on any atom is 0.250 e. The van der Waals surface area contributed by atoms with Crippen molar-refractivity contribution in [2.24, 2.45) is 5.92 Å². The fraction of sp³-hybridized carbons (Fsp3) is 0.500. The molecule has 1 saturated heterocycles. The van der Waals surface area contributed by atoms with E-state index in [1.54, 1.807) is 19.1 Å². The Hall–Kier alpha value is -1.91. The molecule has 0 radical (unpaired) electrons. The topological polar surface area (TPSA) is 49.4 Å². The number of rotatable bonds is 3. The van der Waals surface area contributed by atoms with Crippen LogP contribution in [-0.4, -0.2) is 23.9 Å². The van der Waals surface area contributed by atoms with Crippen molar-refractivity contribution in [3.8, 4) is 0 Å². The van der Waals surface area contributed by atoms with Crippen molar-refractivity contribution < 1.29 is 14.0 Å². The van der Waals surface area contributed by atoms with Crippen LogP contribution in [0.1, 0.15) is 31.7 Å². The van der Waals surface area contributed by atoms with Gasteiger partial charge in [-0.15, -0.1) is 0 Å². The Labute approximate surface area is 123 Å². The first-order chi connectivity index (χ1) is 10.0. The van der Waals surface area contributed by atoms with E-state index < -0.39 is 12.1 Å². The lowest BCUT2D eigenvalue weighted by Gasteiger charge is -2.39. The quantitative estimate of drug-likeness (QED) is 0.927. The summed E-state index contributed by atoms with van der Waals surface area (Å²) in [5.74, 6) is -0.380. The van der Waals surface area contributed by atoms with Crippen LogP contribution >= 0.6 is 0 Å². The predicted molar refractivity (Wildman–Crippen MR) is 77.4 cm³/mol. The molecule has 2 atom stereocenters. The van der Waals surface area contributed by atoms with Gasteiger partial charge in [-0.1, -0.05) is 13.0 Å². The Morgan fingerprint density at radius 3 is 2.67 bits per heavy atom. The lowest BCUT2D eigenvalue weighted by atomic mass is 9.99. The van der Waals surface area contributed by atoms with E-state index in [1.807, 2.05) is 6.92 Å². The Morgan fingerprint density at radius 2 is 2.05 bits per heavy atom. The molecule has 0 aromatic heterocycles. The molecular weight excluding hydrogens is 271 g/mol. The van der Waals surface area contributed by atoms with E-state index in [-0.39, 0.29) is 23.5 Å². The van der Waals surface area contributed by atoms with Gasteiger partial charge in [-0.2, -0.15) is 0 Å². The van der Waals surface area contributed by atoms with E-state index in [9.17, 15) is 14.0 Å². The summed E-state index contributed by atoms with van der Waals surface area (Å²) < 4.78 is 13.8. The van der Waals surface area contributed by atoms with E-state index in [2.05, 4.69) is 5.32 Å². The smallest absolute Gasteiger partial charge is 0.250 e. The van der Waals surface area contributed by atoms with E-state index in [1.165, 1.54) is 11.0 Å². The Kier molecular flexibility index (Phi) is 3.43. The summed E-state index contributed by atoms with van der Waals surface area (Å²) in [7, 11) is 0. The van der Waals surface area contributed by atoms with E-state index in [0.29, 0.717) is 17.7 Å². The van der Waals surface area contributed by atoms with Gasteiger partial charge in [0.25, 0.3) is 5.91 Å². The number of hydrogen-bond acceptors (Lipinski definition) is 2. The van der Waals surface area contributed by atoms with Crippen LogP contribution in [0.4, 0.5) is 10.1 Å². The second-order valence-corrected chi connectivity index (χ2v) is 5.84. The Balaban J connectivity index is 2.04. The highest BCUT2D eigenvalue weighted by Gasteiger charge is 2.47. The van der Waals surface area contributed by atoms with Gasteiger partial charge in [0.05, 0.1) is 5.69 Å². The summed E-state index contributed by atoms with van der Waals surface area (Å²) in [5, 5.41) is 2.84. The zero-order valence-corrected chi connectivity index (χ0v) is 12.2. The second kappa shape index (κ2) is 5.13. The minimum Gasteiger partial charge on any atom is -0.342 e. The van der Waals surface area contributed by atoms with Gasteiger partial charge in [-0.25, -0.2) is 4.39 Å². The van der Waals surface area contributed by atoms with Crippen molar-refractivity contribution in [1.29, 1.82) is 0 Å². The highest BCUT2D eigenvalue weighted by Crippen LogP contribution is 2.37. The Morgan fingerprint density at radius 1 is 1.33 bits per heavy atom. The molecule has 3 rings (SSSR count). The molecular formula is C16H19FN2O2. The van der Waals surface area contributed by atoms with Gasteiger partial charge >= 0.3 is 0 Å². The number of benzene rings is 1. The molecule has 2 amide bonds. The summed E-state index contributed by atoms with van der Waals surface area (Å²) in [5.41, 5.74) is 0.917. The van der Waals surface area contributed by atoms with E-state index >= 15 is 0 Å². The molecule has 1 aromatic carbocycles. The molecule has 1 N–H and O–H groups in total. The minimum absolute atomic E-state index is 0.113. The molecule has 2 unspecified atom stereocenters. The van der Waals surface area contributed by atoms with Crippen molar-refractivity contribution >= 4 is 17.5 Å². The Bertz CT molecular complexity index is 598. The van der Waals surface area contributed by atoms with Crippen LogP contribution in [0, 0.1) is 18.7 Å². The molecule has 4 nitrogen and oxygen atoms in total. The number of halogens is 1. The van der Waals surface area contributed by atoms with Gasteiger partial charge in [-0.3, -0.25) is 14.5 Å². The van der Waals surface area contributed by atoms with Gasteiger partial charge in [0, 0.05) is 5.56 Å². The molecule has 2 aliphatic rings. The molecule has 1 aliphatic carbocycles. The van der Waals surface area contributed by atoms with Crippen LogP contribution in [0.2, 0.25) is 0 Å². The standard InChI is InChI=1S/C16H19FN2O2/c1-3-12-15(20)18-14(10-7-8-10)16(21)19(12)13-6-4-5-11(17)9(13)2/h4-6,10,12,14H,3,7-8H2,1-2H3,(H,18,20). The predicted octanol–water partition coefficient (Wildman–Crippen LogP) is 2.15. The number of amides is 2. The number of carbonyl (C=O) groups excluding carboxylic acids is 2. The van der Waals surface area contributed by atoms with Crippen molar-refractivity contribution in [3.05, 3.63) is 29.6 Å². The van der Waals surface area contributed by atoms with Gasteiger partial charge in [-0.05, 0) is 44.2 Å². The van der Waals surface area contributed by atoms with Gasteiger partial charge in [0.15, 0.2) is 0 Å². The fourth-order valence-electron chi connectivity index (χ4n) is 2.99. The van der Waals surface area contributed by atoms with Gasteiger partial charge in [0.2, 0.25) is 5.91 Å². The summed E-state index contributed by atoms with van der Waals surface area (Å²) in [4.78, 5) is 26.6. The van der Waals surface area contributed by atoms with Crippen LogP contribution in [0.5, 0.6) is 0 Å². The number of nitrogens with one attached hydrogen (secondary N) is 1. The minimum atomic E-state index is -0.562. The summed E-state index contributed by atoms with van der Waals surface area (Å²) >= 11 is 0. The monoisotopic (exact) mass is 290 g/mol. The zero-order chi connectivity index (χ0) is 15.1. The number of nitrogens with zero attached hydrogens (tertiary/aromatic N) is 1. The van der Waals surface area contributed by atoms with Crippen molar-refractivity contribution in [3.63, 3.8) is 0 Å². The normalized spacial score (nSPS) is 26.0. The lowest BCUT2D eigenvalue weighted by Crippen LogP contribution is -2.64. The van der Waals surface area contributed by atoms with Crippen molar-refractivity contribution in [2.45, 2.75) is 45.2 Å². The first-order valence-corrected chi connectivity index (χ1v) is 7.43. The number of anilines is 1. The first kappa shape index (κ1) is 14.0. The maximum absolute atomic E-state index is 13.8. The van der Waals surface area contributed by atoms with Crippen LogP contribution in [-0.2, 0) is 9.59 Å². The lowest BCUT2D eigenvalue weighted by molar-refractivity contribution is -0.134. The molecule has 5 heteroatoms.